The van der Waals surface area contributed by atoms with Gasteiger partial charge in [-0.1, -0.05) is 18.9 Å². The van der Waals surface area contributed by atoms with Gasteiger partial charge in [-0.25, -0.2) is 0 Å². The van der Waals surface area contributed by atoms with Gasteiger partial charge in [-0.15, -0.1) is 11.3 Å². The molecule has 2 rings (SSSR count). The smallest absolute Gasteiger partial charge is 0.307 e. The van der Waals surface area contributed by atoms with Gasteiger partial charge in [-0.3, -0.25) is 14.4 Å². The van der Waals surface area contributed by atoms with Gasteiger partial charge in [0.2, 0.25) is 11.8 Å². The van der Waals surface area contributed by atoms with Crippen molar-refractivity contribution < 1.29 is 19.1 Å². The van der Waals surface area contributed by atoms with E-state index < -0.39 is 18.1 Å². The van der Waals surface area contributed by atoms with Gasteiger partial charge in [0.1, 0.15) is 6.04 Å². The Morgan fingerprint density at radius 3 is 2.58 bits per heavy atom. The molecule has 2 amide bonds. The van der Waals surface area contributed by atoms with Crippen molar-refractivity contribution in [1.29, 1.82) is 0 Å². The van der Waals surface area contributed by atoms with Crippen LogP contribution in [-0.4, -0.2) is 30.9 Å². The predicted octanol–water partition coefficient (Wildman–Crippen LogP) is 2.16. The number of hydrogen-bond acceptors (Lipinski definition) is 5. The number of methoxy groups -OCH3 is 1. The average molecular weight is 352 g/mol. The summed E-state index contributed by atoms with van der Waals surface area (Å²) < 4.78 is 4.70. The summed E-state index contributed by atoms with van der Waals surface area (Å²) in [5.41, 5.74) is 0. The number of ether oxygens (including phenoxy) is 1. The number of hydrogen-bond donors (Lipinski definition) is 2. The van der Waals surface area contributed by atoms with Crippen molar-refractivity contribution in [2.75, 3.05) is 7.11 Å². The number of nitrogens with one attached hydrogen (secondary N) is 2. The Morgan fingerprint density at radius 2 is 2.00 bits per heavy atom. The fraction of sp³-hybridized carbons (Fsp3) is 0.588. The molecule has 0 spiro atoms. The maximum atomic E-state index is 12.4. The van der Waals surface area contributed by atoms with Gasteiger partial charge in [0.15, 0.2) is 0 Å². The molecule has 1 heterocycles. The third kappa shape index (κ3) is 5.06. The van der Waals surface area contributed by atoms with Crippen LogP contribution in [0.3, 0.4) is 0 Å². The highest BCUT2D eigenvalue weighted by molar-refractivity contribution is 7.10. The standard InChI is InChI=1S/C17H24N2O4S/c1-11(18-17(22)12-6-3-4-7-12)16(21)19-13(10-15(20)23-2)14-8-5-9-24-14/h5,8-9,11-13H,3-4,6-7,10H2,1-2H3,(H,18,22)(H,19,21)/t11-,13-/m0/s1. The number of carbonyl (C=O) groups excluding carboxylic acids is 3. The van der Waals surface area contributed by atoms with E-state index in [2.05, 4.69) is 10.6 Å². The zero-order valence-electron chi connectivity index (χ0n) is 14.0. The zero-order chi connectivity index (χ0) is 17.5. The van der Waals surface area contributed by atoms with E-state index in [1.807, 2.05) is 17.5 Å². The van der Waals surface area contributed by atoms with Crippen LogP contribution in [0.4, 0.5) is 0 Å². The lowest BCUT2D eigenvalue weighted by Crippen LogP contribution is -2.47. The molecular formula is C17H24N2O4S. The van der Waals surface area contributed by atoms with Gasteiger partial charge in [-0.2, -0.15) is 0 Å². The van der Waals surface area contributed by atoms with Gasteiger partial charge < -0.3 is 15.4 Å². The highest BCUT2D eigenvalue weighted by Gasteiger charge is 2.27. The van der Waals surface area contributed by atoms with E-state index in [1.165, 1.54) is 18.4 Å². The van der Waals surface area contributed by atoms with E-state index in [1.54, 1.807) is 6.92 Å². The van der Waals surface area contributed by atoms with Gasteiger partial charge in [0.25, 0.3) is 0 Å². The van der Waals surface area contributed by atoms with Crippen LogP contribution in [0.1, 0.15) is 49.9 Å². The molecular weight excluding hydrogens is 328 g/mol. The first-order valence-corrected chi connectivity index (χ1v) is 9.10. The number of thiophene rings is 1. The first-order valence-electron chi connectivity index (χ1n) is 8.22. The third-order valence-corrected chi connectivity index (χ3v) is 5.27. The molecule has 1 aromatic heterocycles. The van der Waals surface area contributed by atoms with Crippen LogP contribution >= 0.6 is 11.3 Å². The van der Waals surface area contributed by atoms with Gasteiger partial charge in [-0.05, 0) is 31.2 Å². The number of carbonyl (C=O) groups is 3. The average Bonchev–Trinajstić information content (AvgIpc) is 3.26. The minimum absolute atomic E-state index is 0.0170. The molecule has 1 saturated carbocycles. The summed E-state index contributed by atoms with van der Waals surface area (Å²) in [6, 6.07) is 2.64. The van der Waals surface area contributed by atoms with E-state index in [-0.39, 0.29) is 24.2 Å². The Kier molecular flexibility index (Phi) is 6.78. The SMILES string of the molecule is COC(=O)C[C@H](NC(=O)[C@H](C)NC(=O)C1CCCC1)c1cccs1. The second kappa shape index (κ2) is 8.82. The summed E-state index contributed by atoms with van der Waals surface area (Å²) in [5, 5.41) is 7.50. The van der Waals surface area contributed by atoms with Crippen molar-refractivity contribution in [2.45, 2.75) is 51.1 Å². The van der Waals surface area contributed by atoms with Crippen LogP contribution in [0, 0.1) is 5.92 Å². The van der Waals surface area contributed by atoms with Crippen molar-refractivity contribution >= 4 is 29.1 Å². The van der Waals surface area contributed by atoms with Crippen LogP contribution in [0.5, 0.6) is 0 Å². The molecule has 132 valence electrons. The molecule has 0 saturated heterocycles. The van der Waals surface area contributed by atoms with Crippen LogP contribution in [0.15, 0.2) is 17.5 Å². The van der Waals surface area contributed by atoms with Crippen LogP contribution in [0.25, 0.3) is 0 Å². The van der Waals surface area contributed by atoms with Crippen molar-refractivity contribution in [3.8, 4) is 0 Å². The van der Waals surface area contributed by atoms with Crippen molar-refractivity contribution in [2.24, 2.45) is 5.92 Å². The topological polar surface area (TPSA) is 84.5 Å². The lowest BCUT2D eigenvalue weighted by Gasteiger charge is -2.21. The molecule has 2 atom stereocenters. The van der Waals surface area contributed by atoms with E-state index in [4.69, 9.17) is 4.74 Å². The predicted molar refractivity (Wildman–Crippen MR) is 91.4 cm³/mol. The summed E-state index contributed by atoms with van der Waals surface area (Å²) in [4.78, 5) is 37.0. The Labute approximate surface area is 146 Å². The van der Waals surface area contributed by atoms with Gasteiger partial charge in [0.05, 0.1) is 19.6 Å². The number of amides is 2. The Bertz CT molecular complexity index is 567. The van der Waals surface area contributed by atoms with E-state index >= 15 is 0 Å². The summed E-state index contributed by atoms with van der Waals surface area (Å²) in [5.74, 6) is -0.737. The minimum Gasteiger partial charge on any atom is -0.469 e. The molecule has 2 N–H and O–H groups in total. The minimum atomic E-state index is -0.641. The molecule has 0 aliphatic heterocycles. The maximum absolute atomic E-state index is 12.4. The molecule has 6 nitrogen and oxygen atoms in total. The molecule has 0 radical (unpaired) electrons. The van der Waals surface area contributed by atoms with E-state index in [0.29, 0.717) is 0 Å². The quantitative estimate of drug-likeness (QED) is 0.737. The Hall–Kier alpha value is -1.89. The molecule has 0 aromatic carbocycles. The van der Waals surface area contributed by atoms with E-state index in [0.717, 1.165) is 30.6 Å². The van der Waals surface area contributed by atoms with Gasteiger partial charge >= 0.3 is 5.97 Å². The molecule has 1 aliphatic rings. The molecule has 0 unspecified atom stereocenters. The second-order valence-corrected chi connectivity index (χ2v) is 7.05. The Balaban J connectivity index is 1.93. The molecule has 7 heteroatoms. The maximum Gasteiger partial charge on any atom is 0.307 e. The monoisotopic (exact) mass is 352 g/mol. The first-order chi connectivity index (χ1) is 11.5. The molecule has 24 heavy (non-hydrogen) atoms. The zero-order valence-corrected chi connectivity index (χ0v) is 14.9. The molecule has 1 fully saturated rings. The van der Waals surface area contributed by atoms with Crippen molar-refractivity contribution in [3.05, 3.63) is 22.4 Å². The highest BCUT2D eigenvalue weighted by Crippen LogP contribution is 2.25. The second-order valence-electron chi connectivity index (χ2n) is 6.07. The fourth-order valence-electron chi connectivity index (χ4n) is 2.84. The summed E-state index contributed by atoms with van der Waals surface area (Å²) >= 11 is 1.46. The van der Waals surface area contributed by atoms with E-state index in [9.17, 15) is 14.4 Å². The van der Waals surface area contributed by atoms with Crippen molar-refractivity contribution in [3.63, 3.8) is 0 Å². The first kappa shape index (κ1) is 18.4. The largest absolute Gasteiger partial charge is 0.469 e. The highest BCUT2D eigenvalue weighted by atomic mass is 32.1. The molecule has 1 aliphatic carbocycles. The summed E-state index contributed by atoms with van der Waals surface area (Å²) in [7, 11) is 1.32. The van der Waals surface area contributed by atoms with Crippen molar-refractivity contribution in [1.82, 2.24) is 10.6 Å². The van der Waals surface area contributed by atoms with Gasteiger partial charge in [0, 0.05) is 10.8 Å². The lowest BCUT2D eigenvalue weighted by atomic mass is 10.1. The molecule has 1 aromatic rings. The Morgan fingerprint density at radius 1 is 1.29 bits per heavy atom. The fourth-order valence-corrected chi connectivity index (χ4v) is 3.62. The van der Waals surface area contributed by atoms with Crippen LogP contribution in [0.2, 0.25) is 0 Å². The summed E-state index contributed by atoms with van der Waals surface area (Å²) in [6.45, 7) is 1.66. The normalized spacial score (nSPS) is 17.1. The van der Waals surface area contributed by atoms with Crippen LogP contribution < -0.4 is 10.6 Å². The number of rotatable bonds is 7. The van der Waals surface area contributed by atoms with Crippen LogP contribution in [-0.2, 0) is 19.1 Å². The lowest BCUT2D eigenvalue weighted by molar-refractivity contribution is -0.141. The number of esters is 1. The summed E-state index contributed by atoms with van der Waals surface area (Å²) in [6.07, 6.45) is 3.98. The molecule has 0 bridgehead atoms. The third-order valence-electron chi connectivity index (χ3n) is 4.28.